The van der Waals surface area contributed by atoms with Crippen LogP contribution in [0.25, 0.3) is 11.0 Å². The average molecular weight is 398 g/mol. The zero-order chi connectivity index (χ0) is 20.2. The summed E-state index contributed by atoms with van der Waals surface area (Å²) in [5.74, 6) is 0.230. The molecule has 6 nitrogen and oxygen atoms in total. The number of aromatic nitrogens is 2. The van der Waals surface area contributed by atoms with E-state index in [2.05, 4.69) is 4.98 Å². The van der Waals surface area contributed by atoms with Gasteiger partial charge < -0.3 is 13.9 Å². The number of furan rings is 1. The van der Waals surface area contributed by atoms with Crippen molar-refractivity contribution in [3.63, 3.8) is 0 Å². The molecule has 2 heterocycles. The van der Waals surface area contributed by atoms with E-state index in [0.717, 1.165) is 4.57 Å². The molecule has 0 saturated heterocycles. The molecule has 0 atom stereocenters. The molecule has 4 rings (SSSR count). The van der Waals surface area contributed by atoms with Gasteiger partial charge in [0.05, 0.1) is 11.0 Å². The number of carbonyl (C=O) groups excluding carboxylic acids is 1. The molecule has 0 aliphatic carbocycles. The van der Waals surface area contributed by atoms with Crippen LogP contribution >= 0.6 is 0 Å². The van der Waals surface area contributed by atoms with Crippen LogP contribution in [0.2, 0.25) is 0 Å². The Morgan fingerprint density at radius 2 is 1.76 bits per heavy atom. The number of imidazole rings is 1. The second-order valence-electron chi connectivity index (χ2n) is 6.11. The fourth-order valence-corrected chi connectivity index (χ4v) is 2.85. The van der Waals surface area contributed by atoms with Gasteiger partial charge in [-0.05, 0) is 36.4 Å². The topological polar surface area (TPSA) is 66.5 Å². The van der Waals surface area contributed by atoms with Crippen LogP contribution in [0, 0.1) is 0 Å². The Balaban J connectivity index is 1.41. The maximum absolute atomic E-state index is 13.4. The molecular formula is C21H16F2N2O4. The molecule has 0 amide bonds. The summed E-state index contributed by atoms with van der Waals surface area (Å²) in [4.78, 5) is 16.3. The van der Waals surface area contributed by atoms with Gasteiger partial charge in [0.25, 0.3) is 0 Å². The fourth-order valence-electron chi connectivity index (χ4n) is 2.85. The lowest BCUT2D eigenvalue weighted by Gasteiger charge is -2.08. The minimum absolute atomic E-state index is 0.0450. The van der Waals surface area contributed by atoms with Crippen LogP contribution in [0.3, 0.4) is 0 Å². The van der Waals surface area contributed by atoms with Crippen LogP contribution in [-0.2, 0) is 18.0 Å². The number of hydrogen-bond acceptors (Lipinski definition) is 5. The minimum Gasteiger partial charge on any atom is -0.486 e. The number of halogens is 2. The number of fused-ring (bicyclic) bond motifs is 1. The van der Waals surface area contributed by atoms with Gasteiger partial charge in [-0.15, -0.1) is 0 Å². The van der Waals surface area contributed by atoms with Crippen molar-refractivity contribution in [3.05, 3.63) is 84.1 Å². The van der Waals surface area contributed by atoms with E-state index in [1.165, 1.54) is 12.1 Å². The van der Waals surface area contributed by atoms with E-state index in [1.54, 1.807) is 36.4 Å². The summed E-state index contributed by atoms with van der Waals surface area (Å²) in [6.45, 7) is -3.08. The lowest BCUT2D eigenvalue weighted by Crippen LogP contribution is -2.10. The summed E-state index contributed by atoms with van der Waals surface area (Å²) in [6, 6.07) is 18.7. The van der Waals surface area contributed by atoms with Crippen molar-refractivity contribution in [2.24, 2.45) is 0 Å². The van der Waals surface area contributed by atoms with Crippen LogP contribution in [0.4, 0.5) is 8.78 Å². The fraction of sp³-hybridized carbons (Fsp3) is 0.143. The first-order chi connectivity index (χ1) is 14.1. The zero-order valence-corrected chi connectivity index (χ0v) is 15.1. The standard InChI is InChI=1S/C21H16F2N2O4/c22-21(23)25-17-9-5-4-8-16(17)24-19(25)13-28-20(26)18-11-10-15(29-18)12-27-14-6-2-1-3-7-14/h1-11,21H,12-13H2. The molecule has 0 saturated carbocycles. The van der Waals surface area contributed by atoms with Crippen molar-refractivity contribution < 1.29 is 27.5 Å². The van der Waals surface area contributed by atoms with Crippen LogP contribution in [0.15, 0.2) is 71.1 Å². The largest absolute Gasteiger partial charge is 0.486 e. The normalized spacial score (nSPS) is 11.1. The van der Waals surface area contributed by atoms with Gasteiger partial charge in [-0.25, -0.2) is 9.78 Å². The molecule has 0 N–H and O–H groups in total. The van der Waals surface area contributed by atoms with Crippen molar-refractivity contribution in [1.82, 2.24) is 9.55 Å². The Morgan fingerprint density at radius 1 is 1.00 bits per heavy atom. The molecule has 0 fully saturated rings. The van der Waals surface area contributed by atoms with Gasteiger partial charge in [0.2, 0.25) is 5.76 Å². The Bertz CT molecular complexity index is 1120. The number of ether oxygens (including phenoxy) is 2. The average Bonchev–Trinajstić information content (AvgIpc) is 3.35. The van der Waals surface area contributed by atoms with Gasteiger partial charge >= 0.3 is 12.5 Å². The van der Waals surface area contributed by atoms with Gasteiger partial charge in [0.15, 0.2) is 5.82 Å². The number of nitrogens with zero attached hydrogens (tertiary/aromatic N) is 2. The smallest absolute Gasteiger partial charge is 0.374 e. The summed E-state index contributed by atoms with van der Waals surface area (Å²) in [7, 11) is 0. The number of carbonyl (C=O) groups is 1. The number of para-hydroxylation sites is 3. The van der Waals surface area contributed by atoms with E-state index in [1.807, 2.05) is 18.2 Å². The maximum atomic E-state index is 13.4. The summed E-state index contributed by atoms with van der Waals surface area (Å²) >= 11 is 0. The quantitative estimate of drug-likeness (QED) is 0.412. The van der Waals surface area contributed by atoms with E-state index in [0.29, 0.717) is 17.0 Å². The third-order valence-corrected chi connectivity index (χ3v) is 4.18. The molecule has 29 heavy (non-hydrogen) atoms. The highest BCUT2D eigenvalue weighted by Gasteiger charge is 2.20. The summed E-state index contributed by atoms with van der Waals surface area (Å²) in [6.07, 6.45) is 0. The highest BCUT2D eigenvalue weighted by Crippen LogP contribution is 2.24. The molecule has 8 heteroatoms. The van der Waals surface area contributed by atoms with Crippen molar-refractivity contribution >= 4 is 17.0 Å². The minimum atomic E-state index is -2.80. The molecule has 148 valence electrons. The Kier molecular flexibility index (Phi) is 5.24. The van der Waals surface area contributed by atoms with Crippen molar-refractivity contribution in [2.75, 3.05) is 0 Å². The van der Waals surface area contributed by atoms with Gasteiger partial charge in [0, 0.05) is 0 Å². The van der Waals surface area contributed by atoms with E-state index >= 15 is 0 Å². The highest BCUT2D eigenvalue weighted by atomic mass is 19.3. The molecule has 0 aliphatic rings. The highest BCUT2D eigenvalue weighted by molar-refractivity contribution is 5.86. The Hall–Kier alpha value is -3.68. The van der Waals surface area contributed by atoms with E-state index in [9.17, 15) is 13.6 Å². The number of esters is 1. The van der Waals surface area contributed by atoms with Crippen LogP contribution in [0.5, 0.6) is 5.75 Å². The third-order valence-electron chi connectivity index (χ3n) is 4.18. The van der Waals surface area contributed by atoms with Gasteiger partial charge in [-0.1, -0.05) is 30.3 Å². The van der Waals surface area contributed by atoms with Gasteiger partial charge in [-0.2, -0.15) is 8.78 Å². The Morgan fingerprint density at radius 3 is 2.55 bits per heavy atom. The van der Waals surface area contributed by atoms with E-state index < -0.39 is 19.1 Å². The Labute approximate surface area is 164 Å². The van der Waals surface area contributed by atoms with Gasteiger partial charge in [-0.3, -0.25) is 4.57 Å². The molecule has 0 unspecified atom stereocenters. The van der Waals surface area contributed by atoms with Crippen LogP contribution in [0.1, 0.15) is 28.7 Å². The molecule has 2 aromatic heterocycles. The molecule has 0 bridgehead atoms. The number of hydrogen-bond donors (Lipinski definition) is 0. The van der Waals surface area contributed by atoms with E-state index in [-0.39, 0.29) is 23.7 Å². The van der Waals surface area contributed by atoms with Crippen molar-refractivity contribution in [3.8, 4) is 5.75 Å². The molecular weight excluding hydrogens is 382 g/mol. The van der Waals surface area contributed by atoms with E-state index in [4.69, 9.17) is 13.9 Å². The first kappa shape index (κ1) is 18.7. The van der Waals surface area contributed by atoms with Gasteiger partial charge in [0.1, 0.15) is 24.7 Å². The molecule has 2 aromatic carbocycles. The summed E-state index contributed by atoms with van der Waals surface area (Å²) < 4.78 is 43.7. The van der Waals surface area contributed by atoms with Crippen molar-refractivity contribution in [1.29, 1.82) is 0 Å². The predicted molar refractivity (Wildman–Crippen MR) is 99.6 cm³/mol. The van der Waals surface area contributed by atoms with Crippen LogP contribution in [-0.4, -0.2) is 15.5 Å². The monoisotopic (exact) mass is 398 g/mol. The molecule has 0 spiro atoms. The summed E-state index contributed by atoms with van der Waals surface area (Å²) in [5.41, 5.74) is 0.670. The maximum Gasteiger partial charge on any atom is 0.374 e. The predicted octanol–water partition coefficient (Wildman–Crippen LogP) is 4.96. The van der Waals surface area contributed by atoms with Crippen LogP contribution < -0.4 is 4.74 Å². The second-order valence-corrected chi connectivity index (χ2v) is 6.11. The van der Waals surface area contributed by atoms with Crippen molar-refractivity contribution in [2.45, 2.75) is 19.8 Å². The molecule has 0 radical (unpaired) electrons. The lowest BCUT2D eigenvalue weighted by molar-refractivity contribution is 0.0355. The third kappa shape index (κ3) is 4.11. The molecule has 4 aromatic rings. The number of benzene rings is 2. The number of alkyl halides is 2. The number of rotatable bonds is 7. The first-order valence-electron chi connectivity index (χ1n) is 8.79. The SMILES string of the molecule is O=C(OCc1nc2ccccc2n1C(F)F)c1ccc(COc2ccccc2)o1. The second kappa shape index (κ2) is 8.14. The first-order valence-corrected chi connectivity index (χ1v) is 8.79. The lowest BCUT2D eigenvalue weighted by atomic mass is 10.3. The summed E-state index contributed by atoms with van der Waals surface area (Å²) in [5, 5.41) is 0. The zero-order valence-electron chi connectivity index (χ0n) is 15.1. The molecule has 0 aliphatic heterocycles.